The van der Waals surface area contributed by atoms with Gasteiger partial charge in [-0.25, -0.2) is 4.39 Å². The summed E-state index contributed by atoms with van der Waals surface area (Å²) in [6.45, 7) is 0.947. The molecule has 1 aromatic heterocycles. The summed E-state index contributed by atoms with van der Waals surface area (Å²) in [5, 5.41) is 3.23. The summed E-state index contributed by atoms with van der Waals surface area (Å²) >= 11 is 2.61. The van der Waals surface area contributed by atoms with Crippen LogP contribution in [0.4, 0.5) is 27.8 Å². The predicted octanol–water partition coefficient (Wildman–Crippen LogP) is 3.63. The number of piperazine rings is 1. The maximum Gasteiger partial charge on any atom is 0.417 e. The van der Waals surface area contributed by atoms with Gasteiger partial charge < -0.3 is 10.2 Å². The molecule has 3 heterocycles. The Balaban J connectivity index is 1.93. The predicted molar refractivity (Wildman–Crippen MR) is 84.3 cm³/mol. The minimum Gasteiger partial charge on any atom is -0.353 e. The molecule has 4 nitrogen and oxygen atoms in total. The summed E-state index contributed by atoms with van der Waals surface area (Å²) in [6.07, 6.45) is -4.07. The fraction of sp³-hybridized carbons (Fsp3) is 0.467. The van der Waals surface area contributed by atoms with Crippen LogP contribution >= 0.6 is 15.9 Å². The highest BCUT2D eigenvalue weighted by Gasteiger charge is 2.37. The highest BCUT2D eigenvalue weighted by Crippen LogP contribution is 2.41. The molecule has 2 fully saturated rings. The van der Waals surface area contributed by atoms with Gasteiger partial charge in [0.15, 0.2) is 5.82 Å². The number of alkyl halides is 3. The Kier molecular flexibility index (Phi) is 3.87. The second-order valence-corrected chi connectivity index (χ2v) is 7.10. The summed E-state index contributed by atoms with van der Waals surface area (Å²) < 4.78 is 67.1. The van der Waals surface area contributed by atoms with Crippen LogP contribution in [0.5, 0.6) is 0 Å². The summed E-state index contributed by atoms with van der Waals surface area (Å²) in [7, 11) is 0. The standard InChI is InChI=1S/C15H12BrF5N4/c16-10-9(15(19,20)21)3-8-12(11(10)17)23-14(18)24-13(8)25-4-6-1-2-7(5-25)22-6/h3,6-7,22H,1-2,4-5H2. The third kappa shape index (κ3) is 2.84. The van der Waals surface area contributed by atoms with Crippen LogP contribution in [0.25, 0.3) is 10.9 Å². The van der Waals surface area contributed by atoms with Crippen molar-refractivity contribution in [3.05, 3.63) is 28.0 Å². The summed E-state index contributed by atoms with van der Waals surface area (Å²) in [4.78, 5) is 8.77. The first-order chi connectivity index (χ1) is 11.7. The first-order valence-electron chi connectivity index (χ1n) is 7.67. The third-order valence-electron chi connectivity index (χ3n) is 4.65. The summed E-state index contributed by atoms with van der Waals surface area (Å²) in [6, 6.07) is 1.10. The number of nitrogens with zero attached hydrogens (tertiary/aromatic N) is 3. The summed E-state index contributed by atoms with van der Waals surface area (Å²) in [5.41, 5.74) is -1.64. The van der Waals surface area contributed by atoms with E-state index in [1.807, 2.05) is 0 Å². The van der Waals surface area contributed by atoms with Gasteiger partial charge in [-0.15, -0.1) is 0 Å². The normalized spacial score (nSPS) is 23.5. The van der Waals surface area contributed by atoms with Crippen LogP contribution in [0.3, 0.4) is 0 Å². The van der Waals surface area contributed by atoms with Crippen LogP contribution in [0.1, 0.15) is 18.4 Å². The van der Waals surface area contributed by atoms with Gasteiger partial charge in [-0.3, -0.25) is 0 Å². The number of hydrogen-bond acceptors (Lipinski definition) is 4. The van der Waals surface area contributed by atoms with Crippen LogP contribution in [-0.4, -0.2) is 35.1 Å². The van der Waals surface area contributed by atoms with E-state index in [-0.39, 0.29) is 23.3 Å². The van der Waals surface area contributed by atoms with Gasteiger partial charge >= 0.3 is 12.3 Å². The van der Waals surface area contributed by atoms with E-state index in [1.165, 1.54) is 0 Å². The van der Waals surface area contributed by atoms with Gasteiger partial charge in [0.25, 0.3) is 0 Å². The Morgan fingerprint density at radius 2 is 1.76 bits per heavy atom. The van der Waals surface area contributed by atoms with Crippen molar-refractivity contribution in [2.45, 2.75) is 31.1 Å². The van der Waals surface area contributed by atoms with E-state index >= 15 is 0 Å². The molecule has 0 amide bonds. The van der Waals surface area contributed by atoms with Gasteiger partial charge in [0, 0.05) is 30.6 Å². The number of aromatic nitrogens is 2. The van der Waals surface area contributed by atoms with E-state index in [2.05, 4.69) is 31.2 Å². The molecule has 2 bridgehead atoms. The Labute approximate surface area is 147 Å². The van der Waals surface area contributed by atoms with Crippen molar-refractivity contribution in [2.24, 2.45) is 0 Å². The molecule has 2 unspecified atom stereocenters. The largest absolute Gasteiger partial charge is 0.417 e. The number of anilines is 1. The minimum absolute atomic E-state index is 0.00204. The number of fused-ring (bicyclic) bond motifs is 3. The maximum atomic E-state index is 14.4. The molecule has 1 N–H and O–H groups in total. The lowest BCUT2D eigenvalue weighted by molar-refractivity contribution is -0.138. The molecular formula is C15H12BrF5N4. The summed E-state index contributed by atoms with van der Waals surface area (Å²) in [5.74, 6) is -1.25. The highest BCUT2D eigenvalue weighted by molar-refractivity contribution is 9.10. The average Bonchev–Trinajstić information content (AvgIpc) is 2.87. The van der Waals surface area contributed by atoms with E-state index < -0.39 is 33.6 Å². The van der Waals surface area contributed by atoms with Crippen molar-refractivity contribution >= 4 is 32.7 Å². The van der Waals surface area contributed by atoms with Crippen molar-refractivity contribution in [2.75, 3.05) is 18.0 Å². The lowest BCUT2D eigenvalue weighted by Crippen LogP contribution is -2.51. The Bertz CT molecular complexity index is 844. The topological polar surface area (TPSA) is 41.1 Å². The quantitative estimate of drug-likeness (QED) is 0.562. The second kappa shape index (κ2) is 5.73. The molecule has 1 aromatic carbocycles. The molecule has 2 aliphatic heterocycles. The maximum absolute atomic E-state index is 14.4. The second-order valence-electron chi connectivity index (χ2n) is 6.31. The van der Waals surface area contributed by atoms with Gasteiger partial charge in [0.05, 0.1) is 10.0 Å². The van der Waals surface area contributed by atoms with E-state index in [1.54, 1.807) is 4.90 Å². The first-order valence-corrected chi connectivity index (χ1v) is 8.47. The van der Waals surface area contributed by atoms with Gasteiger partial charge in [-0.05, 0) is 34.8 Å². The number of halogens is 6. The van der Waals surface area contributed by atoms with E-state index in [9.17, 15) is 22.0 Å². The van der Waals surface area contributed by atoms with Crippen LogP contribution in [0.15, 0.2) is 10.5 Å². The zero-order chi connectivity index (χ0) is 17.9. The van der Waals surface area contributed by atoms with Crippen LogP contribution in [0, 0.1) is 11.9 Å². The Hall–Kier alpha value is -1.55. The van der Waals surface area contributed by atoms with Gasteiger partial charge in [-0.1, -0.05) is 0 Å². The van der Waals surface area contributed by atoms with E-state index in [0.29, 0.717) is 13.1 Å². The fourth-order valence-corrected chi connectivity index (χ4v) is 4.11. The lowest BCUT2D eigenvalue weighted by atomic mass is 10.1. The van der Waals surface area contributed by atoms with Crippen molar-refractivity contribution in [3.8, 4) is 0 Å². The molecule has 25 heavy (non-hydrogen) atoms. The van der Waals surface area contributed by atoms with Gasteiger partial charge in [-0.2, -0.15) is 27.5 Å². The molecule has 0 aliphatic carbocycles. The van der Waals surface area contributed by atoms with Crippen LogP contribution in [-0.2, 0) is 6.18 Å². The van der Waals surface area contributed by atoms with Gasteiger partial charge in [0.2, 0.25) is 0 Å². The molecule has 2 aliphatic rings. The number of rotatable bonds is 1. The van der Waals surface area contributed by atoms with Crippen molar-refractivity contribution in [1.82, 2.24) is 15.3 Å². The zero-order valence-electron chi connectivity index (χ0n) is 12.7. The molecule has 2 atom stereocenters. The van der Waals surface area contributed by atoms with E-state index in [4.69, 9.17) is 0 Å². The molecule has 2 aromatic rings. The lowest BCUT2D eigenvalue weighted by Gasteiger charge is -2.34. The Morgan fingerprint density at radius 1 is 1.12 bits per heavy atom. The van der Waals surface area contributed by atoms with Crippen molar-refractivity contribution < 1.29 is 22.0 Å². The number of benzene rings is 1. The molecule has 4 rings (SSSR count). The molecule has 10 heteroatoms. The van der Waals surface area contributed by atoms with Crippen molar-refractivity contribution in [3.63, 3.8) is 0 Å². The number of hydrogen-bond donors (Lipinski definition) is 1. The Morgan fingerprint density at radius 3 is 2.36 bits per heavy atom. The average molecular weight is 423 g/mol. The zero-order valence-corrected chi connectivity index (χ0v) is 14.3. The SMILES string of the molecule is Fc1nc(N2CC3CCC(C2)N3)c2cc(C(F)(F)F)c(Br)c(F)c2n1. The van der Waals surface area contributed by atoms with Crippen molar-refractivity contribution in [1.29, 1.82) is 0 Å². The smallest absolute Gasteiger partial charge is 0.353 e. The first kappa shape index (κ1) is 16.9. The fourth-order valence-electron chi connectivity index (χ4n) is 3.58. The van der Waals surface area contributed by atoms with Crippen LogP contribution < -0.4 is 10.2 Å². The molecule has 0 saturated carbocycles. The molecule has 0 radical (unpaired) electrons. The highest BCUT2D eigenvalue weighted by atomic mass is 79.9. The molecule has 0 spiro atoms. The molecular weight excluding hydrogens is 411 g/mol. The monoisotopic (exact) mass is 422 g/mol. The van der Waals surface area contributed by atoms with E-state index in [0.717, 1.165) is 18.9 Å². The number of nitrogens with one attached hydrogen (secondary N) is 1. The minimum atomic E-state index is -4.76. The molecule has 134 valence electrons. The molecule has 2 saturated heterocycles. The third-order valence-corrected chi connectivity index (χ3v) is 5.42. The van der Waals surface area contributed by atoms with Gasteiger partial charge in [0.1, 0.15) is 11.3 Å². The van der Waals surface area contributed by atoms with Crippen LogP contribution in [0.2, 0.25) is 0 Å².